The monoisotopic (exact) mass is 244 g/mol. The van der Waals surface area contributed by atoms with Crippen molar-refractivity contribution >= 4 is 12.0 Å². The van der Waals surface area contributed by atoms with Crippen LogP contribution in [-0.2, 0) is 4.79 Å². The van der Waals surface area contributed by atoms with E-state index < -0.39 is 12.0 Å². The molecule has 0 aromatic rings. The molecule has 2 amide bonds. The molecule has 0 unspecified atom stereocenters. The normalized spacial score (nSPS) is 19.8. The Morgan fingerprint density at radius 3 is 2.59 bits per heavy atom. The van der Waals surface area contributed by atoms with E-state index in [9.17, 15) is 9.59 Å². The van der Waals surface area contributed by atoms with E-state index >= 15 is 0 Å². The number of likely N-dealkylation sites (tertiary alicyclic amines) is 1. The summed E-state index contributed by atoms with van der Waals surface area (Å²) in [6, 6.07) is -1.06. The van der Waals surface area contributed by atoms with Crippen molar-refractivity contribution in [1.82, 2.24) is 9.80 Å². The molecule has 98 valence electrons. The molecule has 0 aliphatic carbocycles. The molecule has 0 aromatic heterocycles. The van der Waals surface area contributed by atoms with Gasteiger partial charge in [0.1, 0.15) is 6.04 Å². The Kier molecular flexibility index (Phi) is 4.74. The highest BCUT2D eigenvalue weighted by Gasteiger charge is 2.36. The molecule has 1 fully saturated rings. The molecule has 0 bridgehead atoms. The van der Waals surface area contributed by atoms with Crippen LogP contribution in [0.25, 0.3) is 0 Å². The van der Waals surface area contributed by atoms with E-state index in [-0.39, 0.29) is 25.2 Å². The van der Waals surface area contributed by atoms with Crippen LogP contribution in [0.2, 0.25) is 0 Å². The molecule has 0 saturated carbocycles. The van der Waals surface area contributed by atoms with Crippen molar-refractivity contribution in [2.75, 3.05) is 19.7 Å². The molecule has 17 heavy (non-hydrogen) atoms. The van der Waals surface area contributed by atoms with Crippen molar-refractivity contribution < 1.29 is 19.8 Å². The highest BCUT2D eigenvalue weighted by Crippen LogP contribution is 2.20. The van der Waals surface area contributed by atoms with Crippen molar-refractivity contribution in [2.24, 2.45) is 0 Å². The summed E-state index contributed by atoms with van der Waals surface area (Å²) in [4.78, 5) is 26.1. The number of carbonyl (C=O) groups is 2. The maximum atomic E-state index is 12.2. The van der Waals surface area contributed by atoms with E-state index in [4.69, 9.17) is 10.2 Å². The van der Waals surface area contributed by atoms with Gasteiger partial charge in [0.15, 0.2) is 0 Å². The van der Waals surface area contributed by atoms with Gasteiger partial charge in [-0.2, -0.15) is 0 Å². The number of nitrogens with zero attached hydrogens (tertiary/aromatic N) is 2. The average molecular weight is 244 g/mol. The predicted octanol–water partition coefficient (Wildman–Crippen LogP) is 0.358. The smallest absolute Gasteiger partial charge is 0.326 e. The van der Waals surface area contributed by atoms with Gasteiger partial charge in [0, 0.05) is 19.1 Å². The maximum Gasteiger partial charge on any atom is 0.326 e. The summed E-state index contributed by atoms with van der Waals surface area (Å²) >= 11 is 0. The van der Waals surface area contributed by atoms with E-state index in [0.717, 1.165) is 0 Å². The Morgan fingerprint density at radius 1 is 1.47 bits per heavy atom. The lowest BCUT2D eigenvalue weighted by Gasteiger charge is -2.32. The number of hydrogen-bond donors (Lipinski definition) is 2. The van der Waals surface area contributed by atoms with Crippen molar-refractivity contribution in [2.45, 2.75) is 38.8 Å². The minimum absolute atomic E-state index is 0.0512. The van der Waals surface area contributed by atoms with Crippen LogP contribution in [0.1, 0.15) is 26.7 Å². The molecule has 1 heterocycles. The van der Waals surface area contributed by atoms with Crippen LogP contribution in [0.3, 0.4) is 0 Å². The van der Waals surface area contributed by atoms with Crippen LogP contribution < -0.4 is 0 Å². The fourth-order valence-electron chi connectivity index (χ4n) is 2.10. The van der Waals surface area contributed by atoms with Crippen LogP contribution in [0, 0.1) is 0 Å². The summed E-state index contributed by atoms with van der Waals surface area (Å²) in [5, 5.41) is 17.9. The largest absolute Gasteiger partial charge is 0.480 e. The maximum absolute atomic E-state index is 12.2. The molecule has 1 aliphatic rings. The van der Waals surface area contributed by atoms with Gasteiger partial charge < -0.3 is 20.0 Å². The molecule has 1 saturated heterocycles. The summed E-state index contributed by atoms with van der Waals surface area (Å²) in [6.45, 7) is 4.29. The number of hydrogen-bond acceptors (Lipinski definition) is 3. The lowest BCUT2D eigenvalue weighted by Crippen LogP contribution is -2.51. The molecule has 0 aromatic carbocycles. The standard InChI is InChI=1S/C11H20N2O4/c1-8(2)12(6-7-14)11(17)13-5-3-4-9(13)10(15)16/h8-9,14H,3-7H2,1-2H3,(H,15,16)/t9-/m0/s1. The zero-order valence-corrected chi connectivity index (χ0v) is 10.3. The Bertz CT molecular complexity index is 293. The van der Waals surface area contributed by atoms with Gasteiger partial charge in [0.2, 0.25) is 0 Å². The minimum atomic E-state index is -0.955. The molecule has 2 N–H and O–H groups in total. The lowest BCUT2D eigenvalue weighted by atomic mass is 10.2. The first-order valence-corrected chi connectivity index (χ1v) is 5.90. The zero-order valence-electron chi connectivity index (χ0n) is 10.3. The number of aliphatic carboxylic acids is 1. The molecular weight excluding hydrogens is 224 g/mol. The van der Waals surface area contributed by atoms with Crippen LogP contribution in [0.4, 0.5) is 4.79 Å². The molecule has 6 nitrogen and oxygen atoms in total. The summed E-state index contributed by atoms with van der Waals surface area (Å²) < 4.78 is 0. The second-order valence-electron chi connectivity index (χ2n) is 4.48. The fraction of sp³-hybridized carbons (Fsp3) is 0.818. The SMILES string of the molecule is CC(C)N(CCO)C(=O)N1CCC[C@H]1C(=O)O. The van der Waals surface area contributed by atoms with Crippen molar-refractivity contribution in [1.29, 1.82) is 0 Å². The van der Waals surface area contributed by atoms with Gasteiger partial charge in [-0.05, 0) is 26.7 Å². The summed E-state index contributed by atoms with van der Waals surface area (Å²) in [5.41, 5.74) is 0. The number of aliphatic hydroxyl groups excluding tert-OH is 1. The first kappa shape index (κ1) is 13.8. The second-order valence-corrected chi connectivity index (χ2v) is 4.48. The third-order valence-electron chi connectivity index (χ3n) is 2.99. The van der Waals surface area contributed by atoms with Gasteiger partial charge in [-0.3, -0.25) is 0 Å². The summed E-state index contributed by atoms with van der Waals surface area (Å²) in [6.07, 6.45) is 1.22. The first-order valence-electron chi connectivity index (χ1n) is 5.90. The zero-order chi connectivity index (χ0) is 13.0. The third kappa shape index (κ3) is 3.09. The van der Waals surface area contributed by atoms with E-state index in [2.05, 4.69) is 0 Å². The molecule has 1 atom stereocenters. The van der Waals surface area contributed by atoms with E-state index in [0.29, 0.717) is 19.4 Å². The first-order chi connectivity index (χ1) is 7.99. The highest BCUT2D eigenvalue weighted by molar-refractivity contribution is 5.83. The number of amides is 2. The highest BCUT2D eigenvalue weighted by atomic mass is 16.4. The predicted molar refractivity (Wildman–Crippen MR) is 61.7 cm³/mol. The van der Waals surface area contributed by atoms with Gasteiger partial charge in [-0.1, -0.05) is 0 Å². The third-order valence-corrected chi connectivity index (χ3v) is 2.99. The number of carbonyl (C=O) groups excluding carboxylic acids is 1. The molecule has 1 aliphatic heterocycles. The Labute approximate surface area is 101 Å². The fourth-order valence-corrected chi connectivity index (χ4v) is 2.10. The molecule has 6 heteroatoms. The average Bonchev–Trinajstić information content (AvgIpc) is 2.73. The van der Waals surface area contributed by atoms with Gasteiger partial charge in [-0.15, -0.1) is 0 Å². The molecular formula is C11H20N2O4. The Morgan fingerprint density at radius 2 is 2.12 bits per heavy atom. The number of carboxylic acid groups (broad SMARTS) is 1. The number of rotatable bonds is 4. The quantitative estimate of drug-likeness (QED) is 0.748. The number of carboxylic acids is 1. The number of urea groups is 1. The van der Waals surface area contributed by atoms with Gasteiger partial charge in [0.25, 0.3) is 0 Å². The summed E-state index contributed by atoms with van der Waals surface area (Å²) in [5.74, 6) is -0.955. The van der Waals surface area contributed by atoms with E-state index in [1.165, 1.54) is 9.80 Å². The molecule has 1 rings (SSSR count). The molecule has 0 radical (unpaired) electrons. The van der Waals surface area contributed by atoms with Gasteiger partial charge >= 0.3 is 12.0 Å². The summed E-state index contributed by atoms with van der Waals surface area (Å²) in [7, 11) is 0. The van der Waals surface area contributed by atoms with Gasteiger partial charge in [0.05, 0.1) is 6.61 Å². The van der Waals surface area contributed by atoms with Crippen molar-refractivity contribution in [3.63, 3.8) is 0 Å². The second kappa shape index (κ2) is 5.86. The molecule has 0 spiro atoms. The van der Waals surface area contributed by atoms with Crippen LogP contribution >= 0.6 is 0 Å². The van der Waals surface area contributed by atoms with Crippen LogP contribution in [0.5, 0.6) is 0 Å². The van der Waals surface area contributed by atoms with Crippen LogP contribution in [-0.4, -0.2) is 63.8 Å². The van der Waals surface area contributed by atoms with Crippen molar-refractivity contribution in [3.05, 3.63) is 0 Å². The van der Waals surface area contributed by atoms with E-state index in [1.54, 1.807) is 0 Å². The lowest BCUT2D eigenvalue weighted by molar-refractivity contribution is -0.141. The van der Waals surface area contributed by atoms with Gasteiger partial charge in [-0.25, -0.2) is 9.59 Å². The topological polar surface area (TPSA) is 81.1 Å². The number of aliphatic hydroxyl groups is 1. The van der Waals surface area contributed by atoms with Crippen LogP contribution in [0.15, 0.2) is 0 Å². The van der Waals surface area contributed by atoms with E-state index in [1.807, 2.05) is 13.8 Å². The Hall–Kier alpha value is -1.30. The van der Waals surface area contributed by atoms with Crippen molar-refractivity contribution in [3.8, 4) is 0 Å². The Balaban J connectivity index is 2.75. The minimum Gasteiger partial charge on any atom is -0.480 e.